The maximum atomic E-state index is 13.0. The van der Waals surface area contributed by atoms with Crippen LogP contribution in [-0.4, -0.2) is 18.5 Å². The van der Waals surface area contributed by atoms with Crippen molar-refractivity contribution in [3.63, 3.8) is 0 Å². The predicted molar refractivity (Wildman–Crippen MR) is 145 cm³/mol. The molecule has 8 heteroatoms. The molecule has 0 saturated carbocycles. The Hall–Kier alpha value is -4.31. The lowest BCUT2D eigenvalue weighted by Gasteiger charge is -2.12. The highest BCUT2D eigenvalue weighted by Gasteiger charge is 2.16. The van der Waals surface area contributed by atoms with Gasteiger partial charge in [0.1, 0.15) is 11.6 Å². The van der Waals surface area contributed by atoms with E-state index in [0.29, 0.717) is 39.2 Å². The van der Waals surface area contributed by atoms with Gasteiger partial charge in [-0.3, -0.25) is 4.79 Å². The van der Waals surface area contributed by atoms with Gasteiger partial charge in [0.25, 0.3) is 5.91 Å². The summed E-state index contributed by atoms with van der Waals surface area (Å²) in [6.07, 6.45) is 1.40. The number of esters is 1. The minimum Gasteiger partial charge on any atom is -0.490 e. The number of amides is 1. The second kappa shape index (κ2) is 11.6. The molecule has 1 amide bonds. The summed E-state index contributed by atoms with van der Waals surface area (Å²) in [4.78, 5) is 25.7. The molecular formula is C29H20Cl2N2O4. The molecule has 0 aliphatic carbocycles. The van der Waals surface area contributed by atoms with Crippen molar-refractivity contribution in [1.82, 2.24) is 0 Å². The van der Waals surface area contributed by atoms with Crippen LogP contribution in [0.3, 0.4) is 0 Å². The van der Waals surface area contributed by atoms with Crippen molar-refractivity contribution in [3.05, 3.63) is 106 Å². The summed E-state index contributed by atoms with van der Waals surface area (Å²) in [5.74, 6) is -0.652. The molecule has 184 valence electrons. The zero-order chi connectivity index (χ0) is 26.4. The Balaban J connectivity index is 1.59. The van der Waals surface area contributed by atoms with E-state index in [1.165, 1.54) is 24.3 Å². The normalized spacial score (nSPS) is 11.0. The lowest BCUT2D eigenvalue weighted by molar-refractivity contribution is -0.112. The summed E-state index contributed by atoms with van der Waals surface area (Å²) in [7, 11) is 0. The quantitative estimate of drug-likeness (QED) is 0.117. The smallest absolute Gasteiger partial charge is 0.344 e. The van der Waals surface area contributed by atoms with Crippen LogP contribution < -0.4 is 14.8 Å². The number of hydrogen-bond acceptors (Lipinski definition) is 5. The van der Waals surface area contributed by atoms with Gasteiger partial charge >= 0.3 is 5.97 Å². The monoisotopic (exact) mass is 530 g/mol. The van der Waals surface area contributed by atoms with Gasteiger partial charge in [-0.05, 0) is 65.7 Å². The number of rotatable bonds is 7. The number of fused-ring (bicyclic) bond motifs is 1. The first kappa shape index (κ1) is 25.8. The Morgan fingerprint density at radius 3 is 2.41 bits per heavy atom. The highest BCUT2D eigenvalue weighted by Crippen LogP contribution is 2.31. The molecule has 1 N–H and O–H groups in total. The highest BCUT2D eigenvalue weighted by molar-refractivity contribution is 6.35. The molecule has 4 rings (SSSR count). The summed E-state index contributed by atoms with van der Waals surface area (Å²) in [6, 6.07) is 24.2. The van der Waals surface area contributed by atoms with Crippen molar-refractivity contribution in [2.45, 2.75) is 6.92 Å². The Morgan fingerprint density at radius 1 is 0.946 bits per heavy atom. The largest absolute Gasteiger partial charge is 0.490 e. The van der Waals surface area contributed by atoms with Gasteiger partial charge in [-0.15, -0.1) is 0 Å². The molecule has 0 unspecified atom stereocenters. The zero-order valence-corrected chi connectivity index (χ0v) is 21.1. The van der Waals surface area contributed by atoms with E-state index < -0.39 is 11.9 Å². The van der Waals surface area contributed by atoms with E-state index in [2.05, 4.69) is 5.32 Å². The van der Waals surface area contributed by atoms with Crippen LogP contribution in [0.15, 0.2) is 84.4 Å². The number of benzene rings is 4. The van der Waals surface area contributed by atoms with Crippen molar-refractivity contribution in [2.75, 3.05) is 11.9 Å². The molecule has 4 aromatic carbocycles. The molecule has 0 saturated heterocycles. The Bertz CT molecular complexity index is 1550. The molecule has 0 aromatic heterocycles. The molecule has 0 spiro atoms. The summed E-state index contributed by atoms with van der Waals surface area (Å²) in [6.45, 7) is 2.11. The maximum Gasteiger partial charge on any atom is 0.344 e. The van der Waals surface area contributed by atoms with Crippen LogP contribution in [0.4, 0.5) is 5.69 Å². The Labute approximate surface area is 223 Å². The third-order valence-corrected chi connectivity index (χ3v) is 5.71. The summed E-state index contributed by atoms with van der Waals surface area (Å²) in [5.41, 5.74) is 1.13. The molecular weight excluding hydrogens is 511 g/mol. The topological polar surface area (TPSA) is 88.4 Å². The van der Waals surface area contributed by atoms with E-state index in [0.717, 1.165) is 10.8 Å². The molecule has 6 nitrogen and oxygen atoms in total. The third-order valence-electron chi connectivity index (χ3n) is 5.28. The number of anilines is 1. The number of nitrogens with zero attached hydrogens (tertiary/aromatic N) is 1. The molecule has 4 aromatic rings. The van der Waals surface area contributed by atoms with Gasteiger partial charge in [-0.25, -0.2) is 4.79 Å². The molecule has 0 atom stereocenters. The SMILES string of the molecule is CCOc1cc(/C=C(\C#N)C(=O)Nc2cc(Cl)cc(Cl)c2)ccc1OC(=O)c1cccc2ccccc12. The number of carbonyl (C=O) groups excluding carboxylic acids is 2. The van der Waals surface area contributed by atoms with E-state index in [9.17, 15) is 14.9 Å². The van der Waals surface area contributed by atoms with Crippen molar-refractivity contribution >= 4 is 57.6 Å². The standard InChI is InChI=1S/C29H20Cl2N2O4/c1-2-36-27-13-18(12-20(17-32)28(34)33-23-15-21(30)14-22(31)16-23)10-11-26(27)37-29(35)25-9-5-7-19-6-3-4-8-24(19)25/h3-16H,2H2,1H3,(H,33,34)/b20-12+. The summed E-state index contributed by atoms with van der Waals surface area (Å²) in [5, 5.41) is 14.6. The number of carbonyl (C=O) groups is 2. The van der Waals surface area contributed by atoms with Crippen molar-refractivity contribution < 1.29 is 19.1 Å². The molecule has 0 radical (unpaired) electrons. The van der Waals surface area contributed by atoms with Crippen LogP contribution in [0, 0.1) is 11.3 Å². The first-order chi connectivity index (χ1) is 17.9. The van der Waals surface area contributed by atoms with E-state index in [-0.39, 0.29) is 11.3 Å². The summed E-state index contributed by atoms with van der Waals surface area (Å²) >= 11 is 12.0. The van der Waals surface area contributed by atoms with Crippen LogP contribution in [0.25, 0.3) is 16.8 Å². The Morgan fingerprint density at radius 2 is 1.68 bits per heavy atom. The molecule has 37 heavy (non-hydrogen) atoms. The fourth-order valence-electron chi connectivity index (χ4n) is 3.67. The average Bonchev–Trinajstić information content (AvgIpc) is 2.87. The van der Waals surface area contributed by atoms with Crippen LogP contribution >= 0.6 is 23.2 Å². The van der Waals surface area contributed by atoms with Crippen LogP contribution in [0.2, 0.25) is 10.0 Å². The zero-order valence-electron chi connectivity index (χ0n) is 19.6. The molecule has 0 aliphatic rings. The average molecular weight is 531 g/mol. The van der Waals surface area contributed by atoms with Gasteiger partial charge < -0.3 is 14.8 Å². The van der Waals surface area contributed by atoms with Crippen molar-refractivity contribution in [1.29, 1.82) is 5.26 Å². The van der Waals surface area contributed by atoms with Gasteiger partial charge in [-0.1, -0.05) is 65.7 Å². The maximum absolute atomic E-state index is 13.0. The number of ether oxygens (including phenoxy) is 2. The molecule has 0 fully saturated rings. The Kier molecular flexibility index (Phi) is 8.09. The third kappa shape index (κ3) is 6.28. The van der Waals surface area contributed by atoms with Gasteiger partial charge in [0.15, 0.2) is 11.5 Å². The van der Waals surface area contributed by atoms with E-state index >= 15 is 0 Å². The van der Waals surface area contributed by atoms with Crippen LogP contribution in [0.5, 0.6) is 11.5 Å². The van der Waals surface area contributed by atoms with Gasteiger partial charge in [0, 0.05) is 15.7 Å². The van der Waals surface area contributed by atoms with Gasteiger partial charge in [0.05, 0.1) is 12.2 Å². The van der Waals surface area contributed by atoms with Gasteiger partial charge in [-0.2, -0.15) is 5.26 Å². The lowest BCUT2D eigenvalue weighted by atomic mass is 10.0. The number of nitrogens with one attached hydrogen (secondary N) is 1. The predicted octanol–water partition coefficient (Wildman–Crippen LogP) is 7.31. The minimum absolute atomic E-state index is 0.154. The molecule has 0 bridgehead atoms. The number of hydrogen-bond donors (Lipinski definition) is 1. The molecule has 0 heterocycles. The first-order valence-electron chi connectivity index (χ1n) is 11.2. The van der Waals surface area contributed by atoms with E-state index in [1.54, 1.807) is 37.3 Å². The van der Waals surface area contributed by atoms with Crippen molar-refractivity contribution in [3.8, 4) is 17.6 Å². The number of nitriles is 1. The first-order valence-corrected chi connectivity index (χ1v) is 12.0. The summed E-state index contributed by atoms with van der Waals surface area (Å²) < 4.78 is 11.4. The fourth-order valence-corrected chi connectivity index (χ4v) is 4.19. The lowest BCUT2D eigenvalue weighted by Crippen LogP contribution is -2.13. The van der Waals surface area contributed by atoms with Crippen LogP contribution in [0.1, 0.15) is 22.8 Å². The second-order valence-corrected chi connectivity index (χ2v) is 8.71. The van der Waals surface area contributed by atoms with Crippen LogP contribution in [-0.2, 0) is 4.79 Å². The minimum atomic E-state index is -0.634. The second-order valence-electron chi connectivity index (χ2n) is 7.84. The van der Waals surface area contributed by atoms with Crippen molar-refractivity contribution in [2.24, 2.45) is 0 Å². The highest BCUT2D eigenvalue weighted by atomic mass is 35.5. The van der Waals surface area contributed by atoms with E-state index in [1.807, 2.05) is 36.4 Å². The van der Waals surface area contributed by atoms with E-state index in [4.69, 9.17) is 32.7 Å². The number of halogens is 2. The fraction of sp³-hybridized carbons (Fsp3) is 0.0690. The molecule has 0 aliphatic heterocycles. The van der Waals surface area contributed by atoms with Gasteiger partial charge in [0.2, 0.25) is 0 Å².